The van der Waals surface area contributed by atoms with E-state index in [0.29, 0.717) is 12.1 Å². The van der Waals surface area contributed by atoms with Gasteiger partial charge in [0.15, 0.2) is 0 Å². The second-order valence-corrected chi connectivity index (χ2v) is 4.91. The Morgan fingerprint density at radius 3 is 2.44 bits per heavy atom. The van der Waals surface area contributed by atoms with Crippen molar-refractivity contribution in [3.8, 4) is 0 Å². The van der Waals surface area contributed by atoms with Crippen LogP contribution in [0, 0.1) is 0 Å². The average molecular weight is 224 g/mol. The fourth-order valence-corrected chi connectivity index (χ4v) is 2.54. The van der Waals surface area contributed by atoms with Gasteiger partial charge < -0.3 is 4.90 Å². The van der Waals surface area contributed by atoms with Crippen LogP contribution in [-0.4, -0.2) is 29.5 Å². The molecule has 0 aromatic rings. The van der Waals surface area contributed by atoms with E-state index in [9.17, 15) is 0 Å². The molecule has 4 nitrogen and oxygen atoms in total. The van der Waals surface area contributed by atoms with Crippen LogP contribution in [0.15, 0.2) is 4.99 Å². The van der Waals surface area contributed by atoms with Crippen molar-refractivity contribution in [3.63, 3.8) is 0 Å². The molecule has 2 aliphatic rings. The van der Waals surface area contributed by atoms with E-state index in [-0.39, 0.29) is 0 Å². The van der Waals surface area contributed by atoms with Gasteiger partial charge in [0.2, 0.25) is 5.96 Å². The summed E-state index contributed by atoms with van der Waals surface area (Å²) < 4.78 is 0. The van der Waals surface area contributed by atoms with Gasteiger partial charge in [0.05, 0.1) is 6.04 Å². The second kappa shape index (κ2) is 5.53. The quantitative estimate of drug-likeness (QED) is 0.331. The molecule has 0 bridgehead atoms. The SMILES string of the molecule is CCN(C(=NC1CCCCC1)NN)C1CC1. The van der Waals surface area contributed by atoms with E-state index < -0.39 is 0 Å². The molecule has 0 saturated heterocycles. The fourth-order valence-electron chi connectivity index (χ4n) is 2.54. The minimum Gasteiger partial charge on any atom is -0.339 e. The average Bonchev–Trinajstić information content (AvgIpc) is 3.14. The Bertz CT molecular complexity index is 241. The van der Waals surface area contributed by atoms with Crippen molar-refractivity contribution in [1.82, 2.24) is 10.3 Å². The lowest BCUT2D eigenvalue weighted by atomic mass is 9.96. The molecule has 16 heavy (non-hydrogen) atoms. The van der Waals surface area contributed by atoms with E-state index in [1.807, 2.05) is 0 Å². The molecule has 0 amide bonds. The van der Waals surface area contributed by atoms with Gasteiger partial charge in [-0.15, -0.1) is 0 Å². The van der Waals surface area contributed by atoms with E-state index >= 15 is 0 Å². The summed E-state index contributed by atoms with van der Waals surface area (Å²) in [5, 5.41) is 0. The second-order valence-electron chi connectivity index (χ2n) is 4.91. The van der Waals surface area contributed by atoms with Crippen LogP contribution in [0.5, 0.6) is 0 Å². The zero-order chi connectivity index (χ0) is 11.4. The Kier molecular flexibility index (Phi) is 4.04. The van der Waals surface area contributed by atoms with Gasteiger partial charge in [0.25, 0.3) is 0 Å². The molecule has 0 aromatic carbocycles. The highest BCUT2D eigenvalue weighted by Crippen LogP contribution is 2.27. The Morgan fingerprint density at radius 2 is 1.94 bits per heavy atom. The molecule has 0 radical (unpaired) electrons. The van der Waals surface area contributed by atoms with Gasteiger partial charge in [-0.3, -0.25) is 5.43 Å². The standard InChI is InChI=1S/C12H24N4/c1-2-16(11-8-9-11)12(15-13)14-10-6-4-3-5-7-10/h10-11H,2-9,13H2,1H3,(H,14,15). The molecule has 2 saturated carbocycles. The minimum atomic E-state index is 0.493. The molecule has 4 heteroatoms. The maximum atomic E-state index is 5.61. The zero-order valence-corrected chi connectivity index (χ0v) is 10.3. The van der Waals surface area contributed by atoms with E-state index in [1.165, 1.54) is 44.9 Å². The maximum absolute atomic E-state index is 5.61. The molecule has 2 rings (SSSR count). The van der Waals surface area contributed by atoms with Crippen LogP contribution in [0.3, 0.4) is 0 Å². The lowest BCUT2D eigenvalue weighted by molar-refractivity contribution is 0.394. The van der Waals surface area contributed by atoms with Crippen LogP contribution in [0.25, 0.3) is 0 Å². The van der Waals surface area contributed by atoms with Gasteiger partial charge in [0.1, 0.15) is 0 Å². The summed E-state index contributed by atoms with van der Waals surface area (Å²) in [5.41, 5.74) is 2.80. The van der Waals surface area contributed by atoms with Crippen molar-refractivity contribution < 1.29 is 0 Å². The smallest absolute Gasteiger partial charge is 0.208 e. The number of hydrazine groups is 1. The molecule has 0 atom stereocenters. The monoisotopic (exact) mass is 224 g/mol. The number of nitrogens with two attached hydrogens (primary N) is 1. The molecule has 0 aromatic heterocycles. The number of hydrogen-bond donors (Lipinski definition) is 2. The summed E-state index contributed by atoms with van der Waals surface area (Å²) in [6, 6.07) is 1.18. The van der Waals surface area contributed by atoms with Crippen molar-refractivity contribution in [2.45, 2.75) is 64.0 Å². The molecule has 2 aliphatic carbocycles. The van der Waals surface area contributed by atoms with Gasteiger partial charge in [-0.1, -0.05) is 19.3 Å². The number of nitrogens with one attached hydrogen (secondary N) is 1. The van der Waals surface area contributed by atoms with E-state index in [1.54, 1.807) is 0 Å². The van der Waals surface area contributed by atoms with E-state index in [0.717, 1.165) is 12.5 Å². The third kappa shape index (κ3) is 2.88. The van der Waals surface area contributed by atoms with Gasteiger partial charge in [-0.2, -0.15) is 0 Å². The first-order valence-electron chi connectivity index (χ1n) is 6.66. The summed E-state index contributed by atoms with van der Waals surface area (Å²) >= 11 is 0. The normalized spacial score (nSPS) is 23.2. The van der Waals surface area contributed by atoms with Gasteiger partial charge in [-0.25, -0.2) is 10.8 Å². The number of aliphatic imine (C=N–C) groups is 1. The van der Waals surface area contributed by atoms with Gasteiger partial charge in [-0.05, 0) is 32.6 Å². The lowest BCUT2D eigenvalue weighted by Gasteiger charge is -2.26. The molecule has 0 aliphatic heterocycles. The first-order chi connectivity index (χ1) is 7.85. The van der Waals surface area contributed by atoms with Crippen molar-refractivity contribution in [3.05, 3.63) is 0 Å². The summed E-state index contributed by atoms with van der Waals surface area (Å²) in [6.45, 7) is 3.17. The highest BCUT2D eigenvalue weighted by molar-refractivity contribution is 5.80. The third-order valence-corrected chi connectivity index (χ3v) is 3.61. The summed E-state index contributed by atoms with van der Waals surface area (Å²) in [4.78, 5) is 7.11. The summed E-state index contributed by atoms with van der Waals surface area (Å²) in [6.07, 6.45) is 9.06. The van der Waals surface area contributed by atoms with Crippen LogP contribution in [0.1, 0.15) is 51.9 Å². The van der Waals surface area contributed by atoms with Crippen LogP contribution in [0.4, 0.5) is 0 Å². The first kappa shape index (κ1) is 11.7. The Labute approximate surface area is 98.3 Å². The topological polar surface area (TPSA) is 53.6 Å². The molecule has 0 unspecified atom stereocenters. The zero-order valence-electron chi connectivity index (χ0n) is 10.3. The number of hydrogen-bond acceptors (Lipinski definition) is 2. The molecule has 92 valence electrons. The van der Waals surface area contributed by atoms with Crippen molar-refractivity contribution in [2.24, 2.45) is 10.8 Å². The van der Waals surface area contributed by atoms with Gasteiger partial charge >= 0.3 is 0 Å². The predicted molar refractivity (Wildman–Crippen MR) is 67.0 cm³/mol. The number of nitrogens with zero attached hydrogens (tertiary/aromatic N) is 2. The highest BCUT2D eigenvalue weighted by Gasteiger charge is 2.30. The van der Waals surface area contributed by atoms with Crippen molar-refractivity contribution in [1.29, 1.82) is 0 Å². The van der Waals surface area contributed by atoms with Crippen molar-refractivity contribution in [2.75, 3.05) is 6.54 Å². The Balaban J connectivity index is 1.97. The first-order valence-corrected chi connectivity index (χ1v) is 6.66. The Hall–Kier alpha value is -0.770. The highest BCUT2D eigenvalue weighted by atomic mass is 15.4. The van der Waals surface area contributed by atoms with Crippen molar-refractivity contribution >= 4 is 5.96 Å². The van der Waals surface area contributed by atoms with E-state index in [4.69, 9.17) is 10.8 Å². The predicted octanol–water partition coefficient (Wildman–Crippen LogP) is 1.62. The van der Waals surface area contributed by atoms with Crippen LogP contribution >= 0.6 is 0 Å². The van der Waals surface area contributed by atoms with E-state index in [2.05, 4.69) is 17.2 Å². The van der Waals surface area contributed by atoms with Gasteiger partial charge in [0, 0.05) is 12.6 Å². The Morgan fingerprint density at radius 1 is 1.25 bits per heavy atom. The molecule has 0 heterocycles. The maximum Gasteiger partial charge on any atom is 0.208 e. The number of guanidine groups is 1. The molecule has 0 spiro atoms. The van der Waals surface area contributed by atoms with Crippen LogP contribution in [0.2, 0.25) is 0 Å². The molecular formula is C12H24N4. The molecule has 2 fully saturated rings. The fraction of sp³-hybridized carbons (Fsp3) is 0.917. The molecular weight excluding hydrogens is 200 g/mol. The summed E-state index contributed by atoms with van der Waals surface area (Å²) in [5.74, 6) is 6.52. The van der Waals surface area contributed by atoms with Crippen LogP contribution < -0.4 is 11.3 Å². The summed E-state index contributed by atoms with van der Waals surface area (Å²) in [7, 11) is 0. The van der Waals surface area contributed by atoms with Crippen LogP contribution in [-0.2, 0) is 0 Å². The third-order valence-electron chi connectivity index (χ3n) is 3.61. The lowest BCUT2D eigenvalue weighted by Crippen LogP contribution is -2.46. The largest absolute Gasteiger partial charge is 0.339 e. The minimum absolute atomic E-state index is 0.493. The molecule has 3 N–H and O–H groups in total. The number of rotatable bonds is 3.